The molecule has 0 N–H and O–H groups in total. The molecule has 0 aromatic carbocycles. The fourth-order valence-corrected chi connectivity index (χ4v) is 2.19. The van der Waals surface area contributed by atoms with Crippen molar-refractivity contribution in [3.05, 3.63) is 21.5 Å². The number of rotatable bonds is 6. The number of carbonyl (C=O) groups is 1. The van der Waals surface area contributed by atoms with Crippen LogP contribution in [0.25, 0.3) is 0 Å². The normalized spacial score (nSPS) is 11.4. The molecule has 1 heterocycles. The maximum atomic E-state index is 11.7. The fourth-order valence-electron chi connectivity index (χ4n) is 2.19. The minimum absolute atomic E-state index is 0.0654. The van der Waals surface area contributed by atoms with E-state index < -0.39 is 10.3 Å². The molecule has 7 heteroatoms. The van der Waals surface area contributed by atoms with Gasteiger partial charge in [0.15, 0.2) is 0 Å². The summed E-state index contributed by atoms with van der Waals surface area (Å²) in [5.74, 6) is -0.365. The van der Waals surface area contributed by atoms with Crippen LogP contribution in [0.1, 0.15) is 39.1 Å². The van der Waals surface area contributed by atoms with Crippen molar-refractivity contribution < 1.29 is 14.5 Å². The van der Waals surface area contributed by atoms with Gasteiger partial charge in [-0.05, 0) is 26.7 Å². The first kappa shape index (κ1) is 16.1. The molecule has 0 atom stereocenters. The van der Waals surface area contributed by atoms with E-state index in [1.807, 2.05) is 13.8 Å². The van der Waals surface area contributed by atoms with Gasteiger partial charge in [0.1, 0.15) is 11.4 Å². The SMILES string of the molecule is CCc1nn(CC(C)(C)C(=O)OC)c(CC)c1[N+](=O)[O-]. The highest BCUT2D eigenvalue weighted by Crippen LogP contribution is 2.28. The molecular formula is C13H21N3O4. The van der Waals surface area contributed by atoms with E-state index >= 15 is 0 Å². The lowest BCUT2D eigenvalue weighted by atomic mass is 9.93. The zero-order chi connectivity index (χ0) is 15.5. The van der Waals surface area contributed by atoms with Gasteiger partial charge in [-0.1, -0.05) is 13.8 Å². The molecule has 0 unspecified atom stereocenters. The predicted octanol–water partition coefficient (Wildman–Crippen LogP) is 2.12. The number of nitrogens with zero attached hydrogens (tertiary/aromatic N) is 3. The molecule has 0 saturated heterocycles. The number of ether oxygens (including phenoxy) is 1. The van der Waals surface area contributed by atoms with Crippen LogP contribution in [-0.2, 0) is 28.9 Å². The molecule has 0 radical (unpaired) electrons. The van der Waals surface area contributed by atoms with Crippen LogP contribution in [0.15, 0.2) is 0 Å². The Balaban J connectivity index is 3.26. The van der Waals surface area contributed by atoms with Crippen molar-refractivity contribution in [2.45, 2.75) is 47.1 Å². The number of esters is 1. The third kappa shape index (κ3) is 2.97. The third-order valence-electron chi connectivity index (χ3n) is 3.24. The average Bonchev–Trinajstić information content (AvgIpc) is 2.74. The van der Waals surface area contributed by atoms with Crippen LogP contribution in [0.3, 0.4) is 0 Å². The first-order valence-electron chi connectivity index (χ1n) is 6.59. The van der Waals surface area contributed by atoms with E-state index in [0.29, 0.717) is 24.2 Å². The third-order valence-corrected chi connectivity index (χ3v) is 3.24. The van der Waals surface area contributed by atoms with Crippen molar-refractivity contribution in [3.8, 4) is 0 Å². The number of hydrogen-bond acceptors (Lipinski definition) is 5. The number of hydrogen-bond donors (Lipinski definition) is 0. The average molecular weight is 283 g/mol. The van der Waals surface area contributed by atoms with E-state index in [4.69, 9.17) is 4.74 Å². The summed E-state index contributed by atoms with van der Waals surface area (Å²) < 4.78 is 6.32. The summed E-state index contributed by atoms with van der Waals surface area (Å²) in [4.78, 5) is 22.5. The lowest BCUT2D eigenvalue weighted by Gasteiger charge is -2.22. The summed E-state index contributed by atoms with van der Waals surface area (Å²) in [5.41, 5.74) is 0.274. The first-order valence-corrected chi connectivity index (χ1v) is 6.59. The highest BCUT2D eigenvalue weighted by Gasteiger charge is 2.33. The van der Waals surface area contributed by atoms with Gasteiger partial charge in [0, 0.05) is 0 Å². The van der Waals surface area contributed by atoms with Crippen LogP contribution >= 0.6 is 0 Å². The summed E-state index contributed by atoms with van der Waals surface area (Å²) in [7, 11) is 1.33. The Morgan fingerprint density at radius 1 is 1.40 bits per heavy atom. The number of aryl methyl sites for hydroxylation is 1. The van der Waals surface area contributed by atoms with Crippen molar-refractivity contribution in [1.82, 2.24) is 9.78 Å². The highest BCUT2D eigenvalue weighted by atomic mass is 16.6. The molecule has 1 aromatic rings. The summed E-state index contributed by atoms with van der Waals surface area (Å²) >= 11 is 0. The van der Waals surface area contributed by atoms with Gasteiger partial charge in [-0.3, -0.25) is 19.6 Å². The number of carbonyl (C=O) groups excluding carboxylic acids is 1. The quantitative estimate of drug-likeness (QED) is 0.453. The van der Waals surface area contributed by atoms with E-state index in [1.165, 1.54) is 7.11 Å². The topological polar surface area (TPSA) is 87.3 Å². The Bertz CT molecular complexity index is 520. The number of methoxy groups -OCH3 is 1. The minimum Gasteiger partial charge on any atom is -0.469 e. The molecule has 1 rings (SSSR count). The highest BCUT2D eigenvalue weighted by molar-refractivity contribution is 5.75. The Morgan fingerprint density at radius 3 is 2.40 bits per heavy atom. The maximum Gasteiger partial charge on any atom is 0.313 e. The Hall–Kier alpha value is -1.92. The Labute approximate surface area is 118 Å². The molecule has 7 nitrogen and oxygen atoms in total. The second kappa shape index (κ2) is 6.02. The van der Waals surface area contributed by atoms with Crippen molar-refractivity contribution in [2.75, 3.05) is 7.11 Å². The molecule has 1 aromatic heterocycles. The summed E-state index contributed by atoms with van der Waals surface area (Å²) in [5, 5.41) is 15.5. The van der Waals surface area contributed by atoms with Crippen LogP contribution in [0.2, 0.25) is 0 Å². The number of aromatic nitrogens is 2. The zero-order valence-corrected chi connectivity index (χ0v) is 12.6. The predicted molar refractivity (Wildman–Crippen MR) is 73.4 cm³/mol. The van der Waals surface area contributed by atoms with Gasteiger partial charge in [-0.15, -0.1) is 0 Å². The van der Waals surface area contributed by atoms with E-state index in [0.717, 1.165) is 0 Å². The van der Waals surface area contributed by atoms with Gasteiger partial charge < -0.3 is 4.74 Å². The Kier molecular flexibility index (Phi) is 4.86. The molecule has 112 valence electrons. The fraction of sp³-hybridized carbons (Fsp3) is 0.692. The van der Waals surface area contributed by atoms with Gasteiger partial charge in [0.2, 0.25) is 0 Å². The van der Waals surface area contributed by atoms with Crippen LogP contribution in [0, 0.1) is 15.5 Å². The summed E-state index contributed by atoms with van der Waals surface area (Å²) in [6, 6.07) is 0. The van der Waals surface area contributed by atoms with Gasteiger partial charge in [0.25, 0.3) is 0 Å². The molecule has 0 bridgehead atoms. The first-order chi connectivity index (χ1) is 9.28. The summed E-state index contributed by atoms with van der Waals surface area (Å²) in [6.45, 7) is 7.38. The van der Waals surface area contributed by atoms with Gasteiger partial charge in [-0.25, -0.2) is 0 Å². The monoisotopic (exact) mass is 283 g/mol. The van der Waals surface area contributed by atoms with Crippen LogP contribution < -0.4 is 0 Å². The molecule has 0 spiro atoms. The standard InChI is InChI=1S/C13H21N3O4/c1-6-9-11(16(18)19)10(7-2)15(14-9)8-13(3,4)12(17)20-5/h6-8H2,1-5H3. The minimum atomic E-state index is -0.788. The van der Waals surface area contributed by atoms with E-state index in [1.54, 1.807) is 18.5 Å². The van der Waals surface area contributed by atoms with Crippen molar-refractivity contribution >= 4 is 11.7 Å². The lowest BCUT2D eigenvalue weighted by Crippen LogP contribution is -2.31. The largest absolute Gasteiger partial charge is 0.469 e. The maximum absolute atomic E-state index is 11.7. The van der Waals surface area contributed by atoms with Gasteiger partial charge >= 0.3 is 11.7 Å². The Morgan fingerprint density at radius 2 is 2.00 bits per heavy atom. The molecule has 0 amide bonds. The van der Waals surface area contributed by atoms with E-state index in [9.17, 15) is 14.9 Å². The van der Waals surface area contributed by atoms with Crippen molar-refractivity contribution in [2.24, 2.45) is 5.41 Å². The van der Waals surface area contributed by atoms with Crippen LogP contribution in [-0.4, -0.2) is 27.8 Å². The van der Waals surface area contributed by atoms with Crippen LogP contribution in [0.5, 0.6) is 0 Å². The molecule has 20 heavy (non-hydrogen) atoms. The van der Waals surface area contributed by atoms with Crippen molar-refractivity contribution in [1.29, 1.82) is 0 Å². The van der Waals surface area contributed by atoms with E-state index in [2.05, 4.69) is 5.10 Å². The molecular weight excluding hydrogens is 262 g/mol. The molecule has 0 aliphatic heterocycles. The molecule has 0 aliphatic rings. The smallest absolute Gasteiger partial charge is 0.313 e. The van der Waals surface area contributed by atoms with Gasteiger partial charge in [-0.2, -0.15) is 5.10 Å². The van der Waals surface area contributed by atoms with E-state index in [-0.39, 0.29) is 18.2 Å². The number of nitro groups is 1. The second-order valence-corrected chi connectivity index (χ2v) is 5.24. The molecule has 0 fully saturated rings. The molecule has 0 aliphatic carbocycles. The zero-order valence-electron chi connectivity index (χ0n) is 12.6. The van der Waals surface area contributed by atoms with Crippen molar-refractivity contribution in [3.63, 3.8) is 0 Å². The lowest BCUT2D eigenvalue weighted by molar-refractivity contribution is -0.386. The second-order valence-electron chi connectivity index (χ2n) is 5.24. The summed E-state index contributed by atoms with van der Waals surface area (Å²) in [6.07, 6.45) is 0.968. The van der Waals surface area contributed by atoms with Gasteiger partial charge in [0.05, 0.1) is 24.0 Å². The van der Waals surface area contributed by atoms with Crippen LogP contribution in [0.4, 0.5) is 5.69 Å². The molecule has 0 saturated carbocycles.